The second-order valence-electron chi connectivity index (χ2n) is 3.01. The van der Waals surface area contributed by atoms with Crippen LogP contribution in [0.15, 0.2) is 0 Å². The molecule has 5 heteroatoms. The van der Waals surface area contributed by atoms with E-state index in [0.29, 0.717) is 17.9 Å². The smallest absolute Gasteiger partial charge is 0.236 e. The molecular weight excluding hydrogens is 184 g/mol. The van der Waals surface area contributed by atoms with Gasteiger partial charge in [0.2, 0.25) is 17.7 Å². The minimum absolute atomic E-state index is 0.191. The van der Waals surface area contributed by atoms with Gasteiger partial charge < -0.3 is 5.73 Å². The molecule has 0 aromatic heterocycles. The largest absolute Gasteiger partial charge is 0.330 e. The highest BCUT2D eigenvalue weighted by molar-refractivity contribution is 6.09. The molecular formula is C9H16N2O3. The van der Waals surface area contributed by atoms with Crippen LogP contribution in [0.25, 0.3) is 0 Å². The summed E-state index contributed by atoms with van der Waals surface area (Å²) in [5, 5.41) is 0. The predicted octanol–water partition coefficient (Wildman–Crippen LogP) is 0.0370. The van der Waals surface area contributed by atoms with E-state index in [0.717, 1.165) is 6.42 Å². The first-order chi connectivity index (χ1) is 6.50. The molecule has 0 saturated carbocycles. The van der Waals surface area contributed by atoms with Crippen LogP contribution in [0.4, 0.5) is 0 Å². The number of rotatable bonds is 4. The Morgan fingerprint density at radius 2 is 1.57 bits per heavy atom. The monoisotopic (exact) mass is 200 g/mol. The summed E-state index contributed by atoms with van der Waals surface area (Å²) in [6.45, 7) is 2.90. The lowest BCUT2D eigenvalue weighted by molar-refractivity contribution is -0.152. The molecule has 5 nitrogen and oxygen atoms in total. The van der Waals surface area contributed by atoms with Crippen molar-refractivity contribution < 1.29 is 14.4 Å². The van der Waals surface area contributed by atoms with Crippen molar-refractivity contribution in [2.24, 2.45) is 5.73 Å². The number of nitrogens with zero attached hydrogens (tertiary/aromatic N) is 1. The Labute approximate surface area is 83.2 Å². The minimum Gasteiger partial charge on any atom is -0.330 e. The summed E-state index contributed by atoms with van der Waals surface area (Å²) < 4.78 is 0. The number of imide groups is 3. The van der Waals surface area contributed by atoms with Crippen LogP contribution in [0.3, 0.4) is 0 Å². The van der Waals surface area contributed by atoms with Crippen molar-refractivity contribution in [3.63, 3.8) is 0 Å². The van der Waals surface area contributed by atoms with Gasteiger partial charge in [0, 0.05) is 20.3 Å². The Morgan fingerprint density at radius 3 is 1.93 bits per heavy atom. The molecule has 0 saturated heterocycles. The fourth-order valence-electron chi connectivity index (χ4n) is 1.11. The van der Waals surface area contributed by atoms with Gasteiger partial charge in [-0.2, -0.15) is 0 Å². The Kier molecular flexibility index (Phi) is 5.71. The molecule has 0 atom stereocenters. The quantitative estimate of drug-likeness (QED) is 0.649. The number of carbonyl (C=O) groups is 3. The highest BCUT2D eigenvalue weighted by Crippen LogP contribution is 2.01. The van der Waals surface area contributed by atoms with Gasteiger partial charge >= 0.3 is 0 Å². The van der Waals surface area contributed by atoms with Gasteiger partial charge in [0.05, 0.1) is 0 Å². The first-order valence-electron chi connectivity index (χ1n) is 4.54. The van der Waals surface area contributed by atoms with E-state index in [-0.39, 0.29) is 6.42 Å². The molecule has 0 bridgehead atoms. The van der Waals surface area contributed by atoms with Gasteiger partial charge in [0.1, 0.15) is 0 Å². The van der Waals surface area contributed by atoms with Gasteiger partial charge in [-0.3, -0.25) is 14.4 Å². The first kappa shape index (κ1) is 12.8. The van der Waals surface area contributed by atoms with Crippen molar-refractivity contribution in [2.45, 2.75) is 33.1 Å². The number of amides is 3. The van der Waals surface area contributed by atoms with Crippen molar-refractivity contribution in [1.82, 2.24) is 4.90 Å². The molecule has 0 aliphatic carbocycles. The molecule has 0 radical (unpaired) electrons. The molecule has 0 rings (SSSR count). The van der Waals surface area contributed by atoms with E-state index in [2.05, 4.69) is 0 Å². The number of hydrogen-bond donors (Lipinski definition) is 1. The lowest BCUT2D eigenvalue weighted by Crippen LogP contribution is -2.38. The summed E-state index contributed by atoms with van der Waals surface area (Å²) in [6, 6.07) is 0. The second kappa shape index (κ2) is 6.26. The summed E-state index contributed by atoms with van der Waals surface area (Å²) in [4.78, 5) is 33.8. The van der Waals surface area contributed by atoms with Crippen molar-refractivity contribution in [3.05, 3.63) is 0 Å². The molecule has 0 aromatic rings. The maximum Gasteiger partial charge on any atom is 0.236 e. The van der Waals surface area contributed by atoms with Crippen LogP contribution in [0.5, 0.6) is 0 Å². The fraction of sp³-hybridized carbons (Fsp3) is 0.667. The standard InChI is InChI=1S/C9H16N2O3/c1-7(12)11(8(2)13)9(14)5-3-4-6-10/h3-6,10H2,1-2H3. The predicted molar refractivity (Wildman–Crippen MR) is 51.1 cm³/mol. The van der Waals surface area contributed by atoms with Crippen LogP contribution in [-0.4, -0.2) is 29.2 Å². The zero-order valence-electron chi connectivity index (χ0n) is 8.58. The molecule has 0 spiro atoms. The summed E-state index contributed by atoms with van der Waals surface area (Å²) in [5.41, 5.74) is 5.25. The zero-order valence-corrected chi connectivity index (χ0v) is 8.58. The number of nitrogens with two attached hydrogens (primary N) is 1. The lowest BCUT2D eigenvalue weighted by atomic mass is 10.2. The number of carbonyl (C=O) groups excluding carboxylic acids is 3. The molecule has 14 heavy (non-hydrogen) atoms. The van der Waals surface area contributed by atoms with Gasteiger partial charge in [0.15, 0.2) is 0 Å². The van der Waals surface area contributed by atoms with Gasteiger partial charge in [0.25, 0.3) is 0 Å². The Hall–Kier alpha value is -1.23. The highest BCUT2D eigenvalue weighted by atomic mass is 16.2. The zero-order chi connectivity index (χ0) is 11.1. The third-order valence-electron chi connectivity index (χ3n) is 1.72. The highest BCUT2D eigenvalue weighted by Gasteiger charge is 2.21. The maximum atomic E-state index is 11.3. The van der Waals surface area contributed by atoms with Crippen molar-refractivity contribution in [3.8, 4) is 0 Å². The van der Waals surface area contributed by atoms with Crippen LogP contribution < -0.4 is 5.73 Å². The fourth-order valence-corrected chi connectivity index (χ4v) is 1.11. The lowest BCUT2D eigenvalue weighted by Gasteiger charge is -2.14. The van der Waals surface area contributed by atoms with Crippen LogP contribution in [-0.2, 0) is 14.4 Å². The second-order valence-corrected chi connectivity index (χ2v) is 3.01. The summed E-state index contributed by atoms with van der Waals surface area (Å²) in [6.07, 6.45) is 1.51. The van der Waals surface area contributed by atoms with Crippen molar-refractivity contribution >= 4 is 17.7 Å². The molecule has 0 aromatic carbocycles. The minimum atomic E-state index is -0.532. The van der Waals surface area contributed by atoms with Gasteiger partial charge in [-0.05, 0) is 19.4 Å². The van der Waals surface area contributed by atoms with Crippen LogP contribution in [0.2, 0.25) is 0 Å². The first-order valence-corrected chi connectivity index (χ1v) is 4.54. The number of hydrogen-bond acceptors (Lipinski definition) is 4. The maximum absolute atomic E-state index is 11.3. The van der Waals surface area contributed by atoms with Crippen molar-refractivity contribution in [1.29, 1.82) is 0 Å². The Morgan fingerprint density at radius 1 is 1.07 bits per heavy atom. The molecule has 80 valence electrons. The molecule has 0 aliphatic rings. The molecule has 0 fully saturated rings. The third-order valence-corrected chi connectivity index (χ3v) is 1.72. The average molecular weight is 200 g/mol. The Balaban J connectivity index is 4.17. The van der Waals surface area contributed by atoms with Crippen LogP contribution >= 0.6 is 0 Å². The molecule has 0 unspecified atom stereocenters. The van der Waals surface area contributed by atoms with E-state index >= 15 is 0 Å². The summed E-state index contributed by atoms with van der Waals surface area (Å²) in [5.74, 6) is -1.51. The summed E-state index contributed by atoms with van der Waals surface area (Å²) >= 11 is 0. The van der Waals surface area contributed by atoms with E-state index < -0.39 is 17.7 Å². The van der Waals surface area contributed by atoms with Gasteiger partial charge in [-0.15, -0.1) is 0 Å². The van der Waals surface area contributed by atoms with Gasteiger partial charge in [-0.1, -0.05) is 0 Å². The van der Waals surface area contributed by atoms with Crippen molar-refractivity contribution in [2.75, 3.05) is 6.54 Å². The van der Waals surface area contributed by atoms with E-state index in [1.54, 1.807) is 0 Å². The normalized spacial score (nSPS) is 9.64. The Bertz CT molecular complexity index is 224. The van der Waals surface area contributed by atoms with Gasteiger partial charge in [-0.25, -0.2) is 4.90 Å². The molecule has 3 amide bonds. The molecule has 2 N–H and O–H groups in total. The third kappa shape index (κ3) is 4.13. The SMILES string of the molecule is CC(=O)N(C(C)=O)C(=O)CCCCN. The van der Waals surface area contributed by atoms with E-state index in [1.807, 2.05) is 0 Å². The average Bonchev–Trinajstić information content (AvgIpc) is 2.03. The van der Waals surface area contributed by atoms with E-state index in [4.69, 9.17) is 5.73 Å². The van der Waals surface area contributed by atoms with Crippen LogP contribution in [0.1, 0.15) is 33.1 Å². The molecule has 0 aliphatic heterocycles. The topological polar surface area (TPSA) is 80.5 Å². The molecule has 0 heterocycles. The van der Waals surface area contributed by atoms with E-state index in [1.165, 1.54) is 13.8 Å². The summed E-state index contributed by atoms with van der Waals surface area (Å²) in [7, 11) is 0. The number of unbranched alkanes of at least 4 members (excludes halogenated alkanes) is 1. The van der Waals surface area contributed by atoms with Crippen LogP contribution in [0, 0.1) is 0 Å². The van der Waals surface area contributed by atoms with E-state index in [9.17, 15) is 14.4 Å².